The molecule has 4 nitrogen and oxygen atoms in total. The van der Waals surface area contributed by atoms with Crippen molar-refractivity contribution >= 4 is 0 Å². The van der Waals surface area contributed by atoms with E-state index in [2.05, 4.69) is 29.0 Å². The summed E-state index contributed by atoms with van der Waals surface area (Å²) in [5.74, 6) is 1.58. The van der Waals surface area contributed by atoms with Crippen molar-refractivity contribution in [3.05, 3.63) is 24.0 Å². The molecule has 0 unspecified atom stereocenters. The van der Waals surface area contributed by atoms with Gasteiger partial charge in [0.25, 0.3) is 0 Å². The molecule has 1 aliphatic rings. The third kappa shape index (κ3) is 5.10. The molecule has 0 amide bonds. The van der Waals surface area contributed by atoms with Crippen molar-refractivity contribution in [2.75, 3.05) is 32.8 Å². The Morgan fingerprint density at radius 1 is 1.35 bits per heavy atom. The second-order valence-corrected chi connectivity index (χ2v) is 5.91. The van der Waals surface area contributed by atoms with Gasteiger partial charge in [0.2, 0.25) is 0 Å². The van der Waals surface area contributed by atoms with Gasteiger partial charge in [-0.25, -0.2) is 0 Å². The van der Waals surface area contributed by atoms with Crippen LogP contribution in [0.25, 0.3) is 0 Å². The maximum atomic E-state index is 5.91. The van der Waals surface area contributed by atoms with Gasteiger partial charge in [-0.3, -0.25) is 9.88 Å². The molecule has 1 N–H and O–H groups in total. The number of ether oxygens (including phenoxy) is 1. The summed E-state index contributed by atoms with van der Waals surface area (Å²) in [6, 6.07) is 2.04. The number of hydrogen-bond acceptors (Lipinski definition) is 4. The monoisotopic (exact) mass is 277 g/mol. The van der Waals surface area contributed by atoms with Crippen LogP contribution >= 0.6 is 0 Å². The first-order valence-corrected chi connectivity index (χ1v) is 7.74. The van der Waals surface area contributed by atoms with Crippen LogP contribution in [0, 0.1) is 5.92 Å². The molecule has 0 radical (unpaired) electrons. The van der Waals surface area contributed by atoms with Gasteiger partial charge in [0.05, 0.1) is 6.20 Å². The van der Waals surface area contributed by atoms with E-state index in [9.17, 15) is 0 Å². The van der Waals surface area contributed by atoms with E-state index < -0.39 is 0 Å². The van der Waals surface area contributed by atoms with E-state index in [-0.39, 0.29) is 0 Å². The van der Waals surface area contributed by atoms with E-state index in [1.807, 2.05) is 18.5 Å². The molecule has 112 valence electrons. The lowest BCUT2D eigenvalue weighted by Gasteiger charge is -2.16. The molecule has 0 aliphatic carbocycles. The van der Waals surface area contributed by atoms with E-state index in [0.717, 1.165) is 32.0 Å². The van der Waals surface area contributed by atoms with Crippen molar-refractivity contribution in [2.45, 2.75) is 33.2 Å². The Morgan fingerprint density at radius 3 is 2.90 bits per heavy atom. The standard InChI is InChI=1S/C16H27N3O/c1-14(2)11-18-12-15-5-6-17-13-16(15)20-10-9-19-7-3-4-8-19/h5-6,13-14,18H,3-4,7-12H2,1-2H3. The van der Waals surface area contributed by atoms with Crippen molar-refractivity contribution in [1.29, 1.82) is 0 Å². The predicted molar refractivity (Wildman–Crippen MR) is 82.0 cm³/mol. The molecular formula is C16H27N3O. The summed E-state index contributed by atoms with van der Waals surface area (Å²) in [4.78, 5) is 6.64. The van der Waals surface area contributed by atoms with Crippen LogP contribution in [0.15, 0.2) is 18.5 Å². The van der Waals surface area contributed by atoms with Crippen LogP contribution in [0.2, 0.25) is 0 Å². The average Bonchev–Trinajstić information content (AvgIpc) is 2.93. The van der Waals surface area contributed by atoms with Crippen LogP contribution in [-0.2, 0) is 6.54 Å². The van der Waals surface area contributed by atoms with Crippen LogP contribution in [0.5, 0.6) is 5.75 Å². The van der Waals surface area contributed by atoms with Gasteiger partial charge in [0, 0.05) is 24.8 Å². The quantitative estimate of drug-likeness (QED) is 0.791. The second-order valence-electron chi connectivity index (χ2n) is 5.91. The topological polar surface area (TPSA) is 37.4 Å². The summed E-state index contributed by atoms with van der Waals surface area (Å²) in [5.41, 5.74) is 1.20. The Bertz CT molecular complexity index is 389. The molecule has 0 spiro atoms. The van der Waals surface area contributed by atoms with Crippen molar-refractivity contribution < 1.29 is 4.74 Å². The van der Waals surface area contributed by atoms with Gasteiger partial charge < -0.3 is 10.1 Å². The molecule has 4 heteroatoms. The van der Waals surface area contributed by atoms with E-state index in [0.29, 0.717) is 5.92 Å². The Labute approximate surface area is 122 Å². The van der Waals surface area contributed by atoms with Crippen molar-refractivity contribution in [3.8, 4) is 5.75 Å². The van der Waals surface area contributed by atoms with Crippen LogP contribution < -0.4 is 10.1 Å². The van der Waals surface area contributed by atoms with Crippen molar-refractivity contribution in [2.24, 2.45) is 5.92 Å². The van der Waals surface area contributed by atoms with E-state index in [1.165, 1.54) is 31.5 Å². The highest BCUT2D eigenvalue weighted by atomic mass is 16.5. The van der Waals surface area contributed by atoms with Gasteiger partial charge in [-0.2, -0.15) is 0 Å². The number of aromatic nitrogens is 1. The molecule has 0 bridgehead atoms. The molecule has 1 aromatic rings. The lowest BCUT2D eigenvalue weighted by molar-refractivity contribution is 0.235. The molecule has 1 aliphatic heterocycles. The SMILES string of the molecule is CC(C)CNCc1ccncc1OCCN1CCCC1. The summed E-state index contributed by atoms with van der Waals surface area (Å²) < 4.78 is 5.91. The van der Waals surface area contributed by atoms with Crippen LogP contribution in [0.1, 0.15) is 32.3 Å². The number of likely N-dealkylation sites (tertiary alicyclic amines) is 1. The molecule has 2 heterocycles. The van der Waals surface area contributed by atoms with E-state index in [4.69, 9.17) is 4.74 Å². The average molecular weight is 277 g/mol. The predicted octanol–water partition coefficient (Wildman–Crippen LogP) is 2.30. The van der Waals surface area contributed by atoms with Gasteiger partial charge in [-0.1, -0.05) is 13.8 Å². The summed E-state index contributed by atoms with van der Waals surface area (Å²) >= 11 is 0. The molecular weight excluding hydrogens is 250 g/mol. The first-order chi connectivity index (χ1) is 9.75. The molecule has 0 atom stereocenters. The summed E-state index contributed by atoms with van der Waals surface area (Å²) in [7, 11) is 0. The minimum atomic E-state index is 0.663. The molecule has 1 saturated heterocycles. The molecule has 0 aromatic carbocycles. The maximum Gasteiger partial charge on any atom is 0.142 e. The second kappa shape index (κ2) is 8.22. The van der Waals surface area contributed by atoms with Crippen LogP contribution in [0.4, 0.5) is 0 Å². The van der Waals surface area contributed by atoms with Crippen molar-refractivity contribution in [1.82, 2.24) is 15.2 Å². The third-order valence-corrected chi connectivity index (χ3v) is 3.60. The number of pyridine rings is 1. The smallest absolute Gasteiger partial charge is 0.142 e. The minimum absolute atomic E-state index is 0.663. The molecule has 20 heavy (non-hydrogen) atoms. The zero-order chi connectivity index (χ0) is 14.2. The van der Waals surface area contributed by atoms with Gasteiger partial charge in [0.1, 0.15) is 12.4 Å². The van der Waals surface area contributed by atoms with E-state index >= 15 is 0 Å². The van der Waals surface area contributed by atoms with Gasteiger partial charge in [0.15, 0.2) is 0 Å². The van der Waals surface area contributed by atoms with Gasteiger partial charge >= 0.3 is 0 Å². The first-order valence-electron chi connectivity index (χ1n) is 7.74. The molecule has 2 rings (SSSR count). The Morgan fingerprint density at radius 2 is 2.15 bits per heavy atom. The maximum absolute atomic E-state index is 5.91. The highest BCUT2D eigenvalue weighted by Crippen LogP contribution is 2.16. The molecule has 1 fully saturated rings. The minimum Gasteiger partial charge on any atom is -0.490 e. The highest BCUT2D eigenvalue weighted by Gasteiger charge is 2.11. The van der Waals surface area contributed by atoms with Crippen molar-refractivity contribution in [3.63, 3.8) is 0 Å². The number of nitrogens with zero attached hydrogens (tertiary/aromatic N) is 2. The summed E-state index contributed by atoms with van der Waals surface area (Å²) in [6.07, 6.45) is 6.32. The fraction of sp³-hybridized carbons (Fsp3) is 0.688. The first kappa shape index (κ1) is 15.3. The Hall–Kier alpha value is -1.13. The zero-order valence-electron chi connectivity index (χ0n) is 12.8. The summed E-state index contributed by atoms with van der Waals surface area (Å²) in [6.45, 7) is 10.5. The Kier molecular flexibility index (Phi) is 6.27. The molecule has 1 aromatic heterocycles. The fourth-order valence-electron chi connectivity index (χ4n) is 2.47. The van der Waals surface area contributed by atoms with Crippen LogP contribution in [-0.4, -0.2) is 42.7 Å². The van der Waals surface area contributed by atoms with E-state index in [1.54, 1.807) is 0 Å². The number of hydrogen-bond donors (Lipinski definition) is 1. The summed E-state index contributed by atoms with van der Waals surface area (Å²) in [5, 5.41) is 3.45. The highest BCUT2D eigenvalue weighted by molar-refractivity contribution is 5.29. The third-order valence-electron chi connectivity index (χ3n) is 3.60. The Balaban J connectivity index is 1.77. The van der Waals surface area contributed by atoms with Crippen LogP contribution in [0.3, 0.4) is 0 Å². The number of rotatable bonds is 8. The lowest BCUT2D eigenvalue weighted by atomic mass is 10.2. The molecule has 0 saturated carbocycles. The normalized spacial score (nSPS) is 15.9. The van der Waals surface area contributed by atoms with Gasteiger partial charge in [-0.05, 0) is 44.5 Å². The fourth-order valence-corrected chi connectivity index (χ4v) is 2.47. The van der Waals surface area contributed by atoms with Gasteiger partial charge in [-0.15, -0.1) is 0 Å². The number of nitrogens with one attached hydrogen (secondary N) is 1. The zero-order valence-corrected chi connectivity index (χ0v) is 12.8. The lowest BCUT2D eigenvalue weighted by Crippen LogP contribution is -2.25. The largest absolute Gasteiger partial charge is 0.490 e.